The van der Waals surface area contributed by atoms with Gasteiger partial charge in [-0.15, -0.1) is 0 Å². The number of fused-ring (bicyclic) bond motifs is 2. The largest absolute Gasteiger partial charge is 0.311 e. The number of hydrogen-bond acceptors (Lipinski definition) is 1. The number of aromatic nitrogens is 2. The van der Waals surface area contributed by atoms with Crippen molar-refractivity contribution in [3.8, 4) is 56.0 Å². The lowest BCUT2D eigenvalue weighted by Crippen LogP contribution is -2.10. The zero-order valence-corrected chi connectivity index (χ0v) is 32.2. The SMILES string of the molecule is c1ccc(-c2ccc(N(c3ccccc3)c3ccc(-n4c(-c5ccccc5)c5c6c(cccc64)-c4cccc6c4c4c-5cccc4n6-c4ccccc4)cc3)cc2)cc1. The van der Waals surface area contributed by atoms with Crippen LogP contribution < -0.4 is 4.90 Å². The molecule has 0 fully saturated rings. The minimum atomic E-state index is 1.09. The van der Waals surface area contributed by atoms with Gasteiger partial charge in [-0.2, -0.15) is 0 Å². The van der Waals surface area contributed by atoms with Crippen molar-refractivity contribution in [3.05, 3.63) is 224 Å². The topological polar surface area (TPSA) is 13.1 Å². The average molecular weight is 752 g/mol. The van der Waals surface area contributed by atoms with Gasteiger partial charge in [0, 0.05) is 50.2 Å². The summed E-state index contributed by atoms with van der Waals surface area (Å²) in [5.41, 5.74) is 19.0. The minimum absolute atomic E-state index is 1.09. The molecule has 0 amide bonds. The molecule has 12 rings (SSSR count). The van der Waals surface area contributed by atoms with Gasteiger partial charge in [0.15, 0.2) is 0 Å². The average Bonchev–Trinajstić information content (AvgIpc) is 3.81. The second-order valence-corrected chi connectivity index (χ2v) is 15.3. The Hall–Kier alpha value is -7.88. The second-order valence-electron chi connectivity index (χ2n) is 15.3. The molecule has 1 aliphatic carbocycles. The molecule has 0 atom stereocenters. The summed E-state index contributed by atoms with van der Waals surface area (Å²) in [5, 5.41) is 3.88. The highest BCUT2D eigenvalue weighted by molar-refractivity contribution is 6.29. The Bertz CT molecular complexity index is 3330. The van der Waals surface area contributed by atoms with E-state index in [-0.39, 0.29) is 0 Å². The molecule has 0 N–H and O–H groups in total. The fourth-order valence-electron chi connectivity index (χ4n) is 9.57. The molecule has 11 aromatic rings. The molecule has 0 saturated carbocycles. The zero-order chi connectivity index (χ0) is 38.9. The van der Waals surface area contributed by atoms with Crippen LogP contribution in [0.4, 0.5) is 17.1 Å². The maximum Gasteiger partial charge on any atom is 0.0619 e. The molecule has 1 aliphatic rings. The van der Waals surface area contributed by atoms with Gasteiger partial charge in [-0.25, -0.2) is 0 Å². The van der Waals surface area contributed by atoms with Gasteiger partial charge >= 0.3 is 0 Å². The second kappa shape index (κ2) is 13.4. The Kier molecular flexibility index (Phi) is 7.54. The molecular formula is C56H37N3. The van der Waals surface area contributed by atoms with Gasteiger partial charge in [0.25, 0.3) is 0 Å². The number of anilines is 3. The van der Waals surface area contributed by atoms with E-state index in [1.807, 2.05) is 0 Å². The van der Waals surface area contributed by atoms with E-state index in [0.29, 0.717) is 0 Å². The summed E-state index contributed by atoms with van der Waals surface area (Å²) in [7, 11) is 0. The fourth-order valence-corrected chi connectivity index (χ4v) is 9.57. The number of benzene rings is 9. The summed E-state index contributed by atoms with van der Waals surface area (Å²) in [5.74, 6) is 0. The molecule has 3 nitrogen and oxygen atoms in total. The molecule has 0 saturated heterocycles. The number of rotatable bonds is 7. The Morgan fingerprint density at radius 1 is 0.271 bits per heavy atom. The van der Waals surface area contributed by atoms with Gasteiger partial charge in [0.2, 0.25) is 0 Å². The highest BCUT2D eigenvalue weighted by Gasteiger charge is 2.30. The van der Waals surface area contributed by atoms with Crippen LogP contribution >= 0.6 is 0 Å². The van der Waals surface area contributed by atoms with Crippen molar-refractivity contribution >= 4 is 49.8 Å². The van der Waals surface area contributed by atoms with Crippen molar-refractivity contribution in [1.82, 2.24) is 9.13 Å². The third-order valence-corrected chi connectivity index (χ3v) is 12.0. The van der Waals surface area contributed by atoms with Crippen LogP contribution in [0.1, 0.15) is 0 Å². The van der Waals surface area contributed by atoms with Crippen LogP contribution in [0.3, 0.4) is 0 Å². The van der Waals surface area contributed by atoms with E-state index < -0.39 is 0 Å². The van der Waals surface area contributed by atoms with E-state index in [1.165, 1.54) is 83.0 Å². The molecule has 0 unspecified atom stereocenters. The van der Waals surface area contributed by atoms with Gasteiger partial charge in [-0.1, -0.05) is 146 Å². The molecular weight excluding hydrogens is 715 g/mol. The van der Waals surface area contributed by atoms with E-state index in [9.17, 15) is 0 Å². The van der Waals surface area contributed by atoms with Crippen LogP contribution in [0, 0.1) is 0 Å². The maximum absolute atomic E-state index is 2.49. The predicted octanol–water partition coefficient (Wildman–Crippen LogP) is 15.2. The van der Waals surface area contributed by atoms with E-state index in [1.54, 1.807) is 0 Å². The first-order chi connectivity index (χ1) is 29.3. The molecule has 276 valence electrons. The van der Waals surface area contributed by atoms with Crippen molar-refractivity contribution in [1.29, 1.82) is 0 Å². The summed E-state index contributed by atoms with van der Waals surface area (Å²) < 4.78 is 4.93. The molecule has 0 spiro atoms. The smallest absolute Gasteiger partial charge is 0.0619 e. The van der Waals surface area contributed by atoms with Crippen LogP contribution in [-0.4, -0.2) is 9.13 Å². The lowest BCUT2D eigenvalue weighted by molar-refractivity contribution is 1.13. The molecule has 0 radical (unpaired) electrons. The maximum atomic E-state index is 2.49. The summed E-state index contributed by atoms with van der Waals surface area (Å²) in [4.78, 5) is 2.34. The third-order valence-electron chi connectivity index (χ3n) is 12.0. The standard InChI is InChI=1S/C56H37N3/c1-5-16-38(17-6-1)39-30-32-43(33-31-39)57(41-20-9-3-10-21-41)44-34-36-45(37-35-44)59-51-29-14-25-47-46-24-13-27-49-52(46)54-48(55(53(47)51)56(59)40-18-7-2-8-19-40)26-15-28-50(54)58(49)42-22-11-4-12-23-42/h1-37H. The van der Waals surface area contributed by atoms with Crippen LogP contribution in [0.15, 0.2) is 224 Å². The molecule has 59 heavy (non-hydrogen) atoms. The van der Waals surface area contributed by atoms with E-state index >= 15 is 0 Å². The Morgan fingerprint density at radius 3 is 1.31 bits per heavy atom. The van der Waals surface area contributed by atoms with Crippen LogP contribution in [0.2, 0.25) is 0 Å². The summed E-state index contributed by atoms with van der Waals surface area (Å²) in [6.45, 7) is 0. The van der Waals surface area contributed by atoms with Gasteiger partial charge in [-0.3, -0.25) is 0 Å². The highest BCUT2D eigenvalue weighted by Crippen LogP contribution is 2.54. The monoisotopic (exact) mass is 751 g/mol. The lowest BCUT2D eigenvalue weighted by atomic mass is 9.95. The summed E-state index contributed by atoms with van der Waals surface area (Å²) >= 11 is 0. The Labute approximate surface area is 342 Å². The van der Waals surface area contributed by atoms with Gasteiger partial charge in [0.1, 0.15) is 0 Å². The van der Waals surface area contributed by atoms with Gasteiger partial charge in [0.05, 0.1) is 22.2 Å². The molecule has 9 aromatic carbocycles. The lowest BCUT2D eigenvalue weighted by Gasteiger charge is -2.26. The van der Waals surface area contributed by atoms with Crippen molar-refractivity contribution < 1.29 is 0 Å². The molecule has 3 heteroatoms. The fraction of sp³-hybridized carbons (Fsp3) is 0. The molecule has 2 heterocycles. The number of hydrogen-bond donors (Lipinski definition) is 0. The predicted molar refractivity (Wildman–Crippen MR) is 248 cm³/mol. The molecule has 0 bridgehead atoms. The highest BCUT2D eigenvalue weighted by atomic mass is 15.1. The van der Waals surface area contributed by atoms with Crippen LogP contribution in [-0.2, 0) is 0 Å². The minimum Gasteiger partial charge on any atom is -0.311 e. The van der Waals surface area contributed by atoms with Crippen molar-refractivity contribution in [2.75, 3.05) is 4.90 Å². The quantitative estimate of drug-likeness (QED) is 0.158. The van der Waals surface area contributed by atoms with Crippen molar-refractivity contribution in [2.45, 2.75) is 0 Å². The third kappa shape index (κ3) is 5.15. The summed E-state index contributed by atoms with van der Waals surface area (Å²) in [6.07, 6.45) is 0. The zero-order valence-electron chi connectivity index (χ0n) is 32.2. The first-order valence-corrected chi connectivity index (χ1v) is 20.3. The molecule has 0 aliphatic heterocycles. The van der Waals surface area contributed by atoms with Gasteiger partial charge in [-0.05, 0) is 112 Å². The van der Waals surface area contributed by atoms with E-state index in [0.717, 1.165) is 22.7 Å². The van der Waals surface area contributed by atoms with E-state index in [4.69, 9.17) is 0 Å². The van der Waals surface area contributed by atoms with Crippen LogP contribution in [0.5, 0.6) is 0 Å². The number of para-hydroxylation sites is 2. The Morgan fingerprint density at radius 2 is 0.695 bits per heavy atom. The Balaban J connectivity index is 1.08. The molecule has 2 aromatic heterocycles. The summed E-state index contributed by atoms with van der Waals surface area (Å²) in [6, 6.07) is 81.5. The van der Waals surface area contributed by atoms with Crippen molar-refractivity contribution in [2.24, 2.45) is 0 Å². The number of nitrogens with zero attached hydrogens (tertiary/aromatic N) is 3. The first-order valence-electron chi connectivity index (χ1n) is 20.3. The van der Waals surface area contributed by atoms with Gasteiger partial charge < -0.3 is 14.0 Å². The van der Waals surface area contributed by atoms with Crippen LogP contribution in [0.25, 0.3) is 88.7 Å². The van der Waals surface area contributed by atoms with Crippen molar-refractivity contribution in [3.63, 3.8) is 0 Å². The normalized spacial score (nSPS) is 11.7. The first kappa shape index (κ1) is 33.3. The van der Waals surface area contributed by atoms with E-state index in [2.05, 4.69) is 238 Å².